The molecule has 0 heterocycles. The number of nitrogens with zero attached hydrogens (tertiary/aromatic N) is 1. The van der Waals surface area contributed by atoms with Gasteiger partial charge in [-0.15, -0.1) is 0 Å². The van der Waals surface area contributed by atoms with E-state index < -0.39 is 24.7 Å². The number of benzene rings is 2. The zero-order valence-corrected chi connectivity index (χ0v) is 18.1. The van der Waals surface area contributed by atoms with Crippen molar-refractivity contribution in [1.29, 1.82) is 0 Å². The maximum atomic E-state index is 12.9. The van der Waals surface area contributed by atoms with E-state index in [2.05, 4.69) is 0 Å². The molecule has 2 unspecified atom stereocenters. The maximum absolute atomic E-state index is 12.9. The lowest BCUT2D eigenvalue weighted by Crippen LogP contribution is -2.10. The van der Waals surface area contributed by atoms with Crippen LogP contribution in [-0.2, 0) is 15.3 Å². The molecule has 0 fully saturated rings. The van der Waals surface area contributed by atoms with Crippen molar-refractivity contribution < 1.29 is 31.9 Å². The van der Waals surface area contributed by atoms with E-state index in [-0.39, 0.29) is 40.0 Å². The SMILES string of the molecule is CCO[PH](=O)c1cc(Oc2ccc(C(F)(F)F)cc2Cl)c(C(C)CC)cc1[N+](=O)[O-]. The van der Waals surface area contributed by atoms with Crippen molar-refractivity contribution in [1.82, 2.24) is 0 Å². The van der Waals surface area contributed by atoms with Gasteiger partial charge in [-0.1, -0.05) is 25.4 Å². The van der Waals surface area contributed by atoms with Crippen molar-refractivity contribution in [2.24, 2.45) is 0 Å². The fraction of sp³-hybridized carbons (Fsp3) is 0.368. The van der Waals surface area contributed by atoms with E-state index in [1.807, 2.05) is 13.8 Å². The van der Waals surface area contributed by atoms with Gasteiger partial charge >= 0.3 is 6.18 Å². The van der Waals surface area contributed by atoms with Crippen LogP contribution in [0, 0.1) is 10.1 Å². The number of nitro benzene ring substituents is 1. The van der Waals surface area contributed by atoms with Crippen LogP contribution in [0.4, 0.5) is 18.9 Å². The van der Waals surface area contributed by atoms with Gasteiger partial charge in [0.2, 0.25) is 8.03 Å². The summed E-state index contributed by atoms with van der Waals surface area (Å²) in [4.78, 5) is 10.9. The molecular weight excluding hydrogens is 446 g/mol. The Morgan fingerprint density at radius 3 is 2.37 bits per heavy atom. The first-order chi connectivity index (χ1) is 14.0. The van der Waals surface area contributed by atoms with Gasteiger partial charge in [-0.3, -0.25) is 14.7 Å². The molecule has 2 aromatic rings. The molecule has 0 aliphatic carbocycles. The average Bonchev–Trinajstić information content (AvgIpc) is 2.67. The molecular formula is C19H20ClF3NO5P. The Morgan fingerprint density at radius 1 is 1.20 bits per heavy atom. The number of hydrogen-bond donors (Lipinski definition) is 0. The Balaban J connectivity index is 2.61. The maximum Gasteiger partial charge on any atom is 0.416 e. The molecule has 0 aliphatic heterocycles. The van der Waals surface area contributed by atoms with E-state index in [1.54, 1.807) is 6.92 Å². The lowest BCUT2D eigenvalue weighted by atomic mass is 9.97. The highest BCUT2D eigenvalue weighted by atomic mass is 35.5. The third-order valence-electron chi connectivity index (χ3n) is 4.44. The molecule has 0 saturated heterocycles. The first-order valence-electron chi connectivity index (χ1n) is 9.03. The van der Waals surface area contributed by atoms with Crippen LogP contribution in [0.25, 0.3) is 0 Å². The summed E-state index contributed by atoms with van der Waals surface area (Å²) in [5, 5.41) is 11.1. The van der Waals surface area contributed by atoms with Gasteiger partial charge in [0.25, 0.3) is 5.69 Å². The molecule has 30 heavy (non-hydrogen) atoms. The summed E-state index contributed by atoms with van der Waals surface area (Å²) in [5.41, 5.74) is -0.864. The second kappa shape index (κ2) is 9.81. The van der Waals surface area contributed by atoms with Crippen LogP contribution in [0.15, 0.2) is 30.3 Å². The largest absolute Gasteiger partial charge is 0.455 e. The highest BCUT2D eigenvalue weighted by molar-refractivity contribution is 7.48. The van der Waals surface area contributed by atoms with Gasteiger partial charge in [-0.25, -0.2) is 0 Å². The summed E-state index contributed by atoms with van der Waals surface area (Å²) in [7, 11) is -2.94. The van der Waals surface area contributed by atoms with Crippen LogP contribution >= 0.6 is 19.6 Å². The van der Waals surface area contributed by atoms with E-state index in [4.69, 9.17) is 20.9 Å². The third kappa shape index (κ3) is 5.53. The van der Waals surface area contributed by atoms with E-state index in [1.165, 1.54) is 12.1 Å². The minimum absolute atomic E-state index is 0.0647. The summed E-state index contributed by atoms with van der Waals surface area (Å²) in [6, 6.07) is 5.12. The number of ether oxygens (including phenoxy) is 1. The highest BCUT2D eigenvalue weighted by Gasteiger charge is 2.31. The van der Waals surface area contributed by atoms with Crippen LogP contribution in [0.5, 0.6) is 11.5 Å². The van der Waals surface area contributed by atoms with Crippen molar-refractivity contribution in [3.8, 4) is 11.5 Å². The Kier molecular flexibility index (Phi) is 7.91. The smallest absolute Gasteiger partial charge is 0.416 e. The fourth-order valence-electron chi connectivity index (χ4n) is 2.68. The quantitative estimate of drug-likeness (QED) is 0.246. The van der Waals surface area contributed by atoms with Gasteiger partial charge in [0.1, 0.15) is 16.8 Å². The molecule has 164 valence electrons. The van der Waals surface area contributed by atoms with E-state index in [0.29, 0.717) is 12.0 Å². The van der Waals surface area contributed by atoms with Gasteiger partial charge in [0.05, 0.1) is 22.1 Å². The van der Waals surface area contributed by atoms with Crippen LogP contribution < -0.4 is 10.0 Å². The Labute approximate surface area is 177 Å². The molecule has 0 bridgehead atoms. The topological polar surface area (TPSA) is 78.7 Å². The molecule has 2 aromatic carbocycles. The van der Waals surface area contributed by atoms with Crippen molar-refractivity contribution >= 4 is 30.6 Å². The molecule has 2 rings (SSSR count). The van der Waals surface area contributed by atoms with E-state index in [0.717, 1.165) is 18.2 Å². The standard InChI is InChI=1S/C19H20ClF3NO5P/c1-4-11(3)13-9-15(24(25)26)18(30(27)28-5-2)10-17(13)29-16-7-6-12(8-14(16)20)19(21,22)23/h6-11,30H,4-5H2,1-3H3. The van der Waals surface area contributed by atoms with E-state index >= 15 is 0 Å². The van der Waals surface area contributed by atoms with Crippen LogP contribution in [-0.4, -0.2) is 11.5 Å². The molecule has 11 heteroatoms. The molecule has 0 spiro atoms. The summed E-state index contributed by atoms with van der Waals surface area (Å²) >= 11 is 5.97. The van der Waals surface area contributed by atoms with Crippen molar-refractivity contribution in [3.05, 3.63) is 56.6 Å². The minimum atomic E-state index is -4.57. The van der Waals surface area contributed by atoms with Gasteiger partial charge in [0, 0.05) is 17.7 Å². The molecule has 0 aliphatic rings. The summed E-state index contributed by atoms with van der Waals surface area (Å²) in [6.45, 7) is 5.36. The molecule has 0 saturated carbocycles. The van der Waals surface area contributed by atoms with Gasteiger partial charge in [0.15, 0.2) is 0 Å². The number of alkyl halides is 3. The number of rotatable bonds is 8. The normalized spacial score (nSPS) is 13.7. The van der Waals surface area contributed by atoms with E-state index in [9.17, 15) is 27.9 Å². The van der Waals surface area contributed by atoms with Crippen LogP contribution in [0.2, 0.25) is 5.02 Å². The van der Waals surface area contributed by atoms with Gasteiger partial charge < -0.3 is 9.26 Å². The second-order valence-electron chi connectivity index (χ2n) is 6.44. The van der Waals surface area contributed by atoms with Crippen LogP contribution in [0.1, 0.15) is 44.2 Å². The Hall–Kier alpha value is -2.09. The van der Waals surface area contributed by atoms with Crippen molar-refractivity contribution in [2.45, 2.75) is 39.3 Å². The van der Waals surface area contributed by atoms with Crippen molar-refractivity contribution in [3.63, 3.8) is 0 Å². The number of nitro groups is 1. The minimum Gasteiger partial charge on any atom is -0.455 e. The highest BCUT2D eigenvalue weighted by Crippen LogP contribution is 2.41. The lowest BCUT2D eigenvalue weighted by Gasteiger charge is -2.18. The first kappa shape index (κ1) is 24.2. The fourth-order valence-corrected chi connectivity index (χ4v) is 3.94. The molecule has 0 radical (unpaired) electrons. The summed E-state index contributed by atoms with van der Waals surface area (Å²) in [6.07, 6.45) is -3.96. The Morgan fingerprint density at radius 2 is 1.87 bits per heavy atom. The van der Waals surface area contributed by atoms with Gasteiger partial charge in [-0.2, -0.15) is 13.2 Å². The average molecular weight is 466 g/mol. The molecule has 2 atom stereocenters. The first-order valence-corrected chi connectivity index (χ1v) is 10.7. The monoisotopic (exact) mass is 465 g/mol. The zero-order chi connectivity index (χ0) is 22.6. The van der Waals surface area contributed by atoms with Crippen LogP contribution in [0.3, 0.4) is 0 Å². The lowest BCUT2D eigenvalue weighted by molar-refractivity contribution is -0.383. The van der Waals surface area contributed by atoms with Gasteiger partial charge in [-0.05, 0) is 37.5 Å². The number of hydrogen-bond acceptors (Lipinski definition) is 5. The predicted molar refractivity (Wildman–Crippen MR) is 109 cm³/mol. The molecule has 0 aromatic heterocycles. The molecule has 6 nitrogen and oxygen atoms in total. The predicted octanol–water partition coefficient (Wildman–Crippen LogP) is 6.71. The third-order valence-corrected chi connectivity index (χ3v) is 6.13. The number of halogens is 4. The summed E-state index contributed by atoms with van der Waals surface area (Å²) < 4.78 is 61.8. The van der Waals surface area contributed by atoms with Crippen molar-refractivity contribution in [2.75, 3.05) is 6.61 Å². The molecule has 0 N–H and O–H groups in total. The molecule has 0 amide bonds. The second-order valence-corrected chi connectivity index (χ2v) is 8.25. The summed E-state index contributed by atoms with van der Waals surface area (Å²) in [5.74, 6) is -0.134. The Bertz CT molecular complexity index is 968. The zero-order valence-electron chi connectivity index (χ0n) is 16.4.